The van der Waals surface area contributed by atoms with Crippen LogP contribution in [0.1, 0.15) is 303 Å². The first-order valence-electron chi connectivity index (χ1n) is 29.8. The molecule has 0 N–H and O–H groups in total. The van der Waals surface area contributed by atoms with E-state index in [1.54, 1.807) is 0 Å². The molecule has 6 nitrogen and oxygen atoms in total. The van der Waals surface area contributed by atoms with Crippen LogP contribution < -0.4 is 0 Å². The van der Waals surface area contributed by atoms with Gasteiger partial charge in [0.2, 0.25) is 0 Å². The van der Waals surface area contributed by atoms with Gasteiger partial charge in [-0.3, -0.25) is 14.4 Å². The molecule has 0 amide bonds. The number of carbonyl (C=O) groups excluding carboxylic acids is 3. The van der Waals surface area contributed by atoms with E-state index in [-0.39, 0.29) is 31.1 Å². The number of hydrogen-bond donors (Lipinski definition) is 0. The maximum atomic E-state index is 12.8. The van der Waals surface area contributed by atoms with Gasteiger partial charge in [-0.2, -0.15) is 0 Å². The molecule has 0 saturated heterocycles. The van der Waals surface area contributed by atoms with Crippen molar-refractivity contribution in [3.8, 4) is 0 Å². The van der Waals surface area contributed by atoms with Crippen LogP contribution in [0.3, 0.4) is 0 Å². The van der Waals surface area contributed by atoms with Crippen molar-refractivity contribution >= 4 is 17.9 Å². The minimum atomic E-state index is -0.788. The van der Waals surface area contributed by atoms with Crippen LogP contribution in [0, 0.1) is 0 Å². The summed E-state index contributed by atoms with van der Waals surface area (Å²) in [6.45, 7) is 6.50. The molecule has 400 valence electrons. The predicted octanol–water partition coefficient (Wildman–Crippen LogP) is 20.0. The minimum Gasteiger partial charge on any atom is -0.462 e. The van der Waals surface area contributed by atoms with Gasteiger partial charge in [0.15, 0.2) is 6.10 Å². The zero-order chi connectivity index (χ0) is 50.0. The second-order valence-electron chi connectivity index (χ2n) is 19.9. The van der Waals surface area contributed by atoms with Gasteiger partial charge in [-0.1, -0.05) is 268 Å². The van der Waals surface area contributed by atoms with Crippen LogP contribution in [0.15, 0.2) is 60.8 Å². The van der Waals surface area contributed by atoms with Crippen LogP contribution in [-0.2, 0) is 28.6 Å². The predicted molar refractivity (Wildman–Crippen MR) is 298 cm³/mol. The first-order chi connectivity index (χ1) is 34.0. The summed E-state index contributed by atoms with van der Waals surface area (Å²) in [4.78, 5) is 38.2. The fourth-order valence-corrected chi connectivity index (χ4v) is 8.53. The smallest absolute Gasteiger partial charge is 0.306 e. The van der Waals surface area contributed by atoms with Gasteiger partial charge in [0.05, 0.1) is 0 Å². The Morgan fingerprint density at radius 3 is 0.928 bits per heavy atom. The Hall–Kier alpha value is -2.89. The number of unbranched alkanes of at least 4 members (excludes halogenated alkanes) is 33. The summed E-state index contributed by atoms with van der Waals surface area (Å²) in [5.74, 6) is -0.902. The Bertz CT molecular complexity index is 1250. The Balaban J connectivity index is 4.32. The van der Waals surface area contributed by atoms with Gasteiger partial charge in [-0.15, -0.1) is 0 Å². The van der Waals surface area contributed by atoms with E-state index in [1.165, 1.54) is 148 Å². The Kier molecular flexibility index (Phi) is 55.3. The fourth-order valence-electron chi connectivity index (χ4n) is 8.53. The molecule has 0 heterocycles. The minimum absolute atomic E-state index is 0.0834. The second kappa shape index (κ2) is 57.7. The van der Waals surface area contributed by atoms with Gasteiger partial charge in [0, 0.05) is 19.3 Å². The van der Waals surface area contributed by atoms with Crippen molar-refractivity contribution < 1.29 is 28.6 Å². The van der Waals surface area contributed by atoms with Crippen molar-refractivity contribution in [1.29, 1.82) is 0 Å². The summed E-state index contributed by atoms with van der Waals surface area (Å²) in [6, 6.07) is 0. The van der Waals surface area contributed by atoms with Gasteiger partial charge in [0.1, 0.15) is 13.2 Å². The average molecular weight is 966 g/mol. The lowest BCUT2D eigenvalue weighted by atomic mass is 10.0. The highest BCUT2D eigenvalue weighted by Crippen LogP contribution is 2.17. The topological polar surface area (TPSA) is 78.9 Å². The van der Waals surface area contributed by atoms with Crippen LogP contribution in [0.2, 0.25) is 0 Å². The highest BCUT2D eigenvalue weighted by atomic mass is 16.6. The van der Waals surface area contributed by atoms with Gasteiger partial charge in [-0.25, -0.2) is 0 Å². The lowest BCUT2D eigenvalue weighted by molar-refractivity contribution is -0.167. The molecule has 0 aromatic heterocycles. The molecule has 0 saturated carbocycles. The third kappa shape index (κ3) is 55.9. The summed E-state index contributed by atoms with van der Waals surface area (Å²) >= 11 is 0. The summed E-state index contributed by atoms with van der Waals surface area (Å²) < 4.78 is 16.9. The summed E-state index contributed by atoms with van der Waals surface area (Å²) in [6.07, 6.45) is 72.2. The van der Waals surface area contributed by atoms with Crippen molar-refractivity contribution in [3.05, 3.63) is 60.8 Å². The molecule has 0 aromatic rings. The molecule has 0 rings (SSSR count). The normalized spacial score (nSPS) is 12.4. The number of allylic oxidation sites excluding steroid dienone is 10. The molecule has 1 unspecified atom stereocenters. The van der Waals surface area contributed by atoms with E-state index < -0.39 is 6.10 Å². The van der Waals surface area contributed by atoms with Crippen LogP contribution >= 0.6 is 0 Å². The van der Waals surface area contributed by atoms with E-state index in [4.69, 9.17) is 14.2 Å². The molecule has 0 radical (unpaired) electrons. The Labute approximate surface area is 428 Å². The Morgan fingerprint density at radius 2 is 0.580 bits per heavy atom. The monoisotopic (exact) mass is 965 g/mol. The number of esters is 3. The molecule has 0 aliphatic heterocycles. The van der Waals surface area contributed by atoms with Crippen LogP contribution in [0.4, 0.5) is 0 Å². The highest BCUT2D eigenvalue weighted by molar-refractivity contribution is 5.71. The number of ether oxygens (including phenoxy) is 3. The van der Waals surface area contributed by atoms with Crippen molar-refractivity contribution in [2.45, 2.75) is 309 Å². The molecule has 0 aliphatic rings. The second-order valence-corrected chi connectivity index (χ2v) is 19.9. The zero-order valence-electron chi connectivity index (χ0n) is 45.8. The van der Waals surface area contributed by atoms with Gasteiger partial charge >= 0.3 is 17.9 Å². The zero-order valence-corrected chi connectivity index (χ0v) is 45.8. The molecule has 0 fully saturated rings. The van der Waals surface area contributed by atoms with E-state index >= 15 is 0 Å². The maximum absolute atomic E-state index is 12.8. The Morgan fingerprint density at radius 1 is 0.304 bits per heavy atom. The number of hydrogen-bond acceptors (Lipinski definition) is 6. The fraction of sp³-hybridized carbons (Fsp3) is 0.794. The van der Waals surface area contributed by atoms with Crippen molar-refractivity contribution in [2.75, 3.05) is 13.2 Å². The van der Waals surface area contributed by atoms with Crippen molar-refractivity contribution in [1.82, 2.24) is 0 Å². The SMILES string of the molecule is CC/C=C\C/C=C\C/C=C\CCCCCCCC(=O)OC(COC(=O)CCCCCCC/C=C\C/C=C\CCCC)COC(=O)CCCCCCCCCCCCCCCCCCCCCCCC. The number of carbonyl (C=O) groups is 3. The van der Waals surface area contributed by atoms with Crippen molar-refractivity contribution in [3.63, 3.8) is 0 Å². The molecule has 6 heteroatoms. The van der Waals surface area contributed by atoms with E-state index in [2.05, 4.69) is 81.5 Å². The molecule has 0 spiro atoms. The van der Waals surface area contributed by atoms with E-state index in [0.29, 0.717) is 19.3 Å². The van der Waals surface area contributed by atoms with Gasteiger partial charge < -0.3 is 14.2 Å². The van der Waals surface area contributed by atoms with E-state index in [0.717, 1.165) is 116 Å². The molecule has 1 atom stereocenters. The average Bonchev–Trinajstić information content (AvgIpc) is 3.35. The summed E-state index contributed by atoms with van der Waals surface area (Å²) in [7, 11) is 0. The molecule has 0 bridgehead atoms. The van der Waals surface area contributed by atoms with Gasteiger partial charge in [0.25, 0.3) is 0 Å². The molecule has 0 aromatic carbocycles. The van der Waals surface area contributed by atoms with Crippen molar-refractivity contribution in [2.24, 2.45) is 0 Å². The maximum Gasteiger partial charge on any atom is 0.306 e. The number of rotatable bonds is 54. The van der Waals surface area contributed by atoms with Crippen LogP contribution in [0.5, 0.6) is 0 Å². The van der Waals surface area contributed by atoms with Crippen LogP contribution in [-0.4, -0.2) is 37.2 Å². The first-order valence-corrected chi connectivity index (χ1v) is 29.8. The third-order valence-corrected chi connectivity index (χ3v) is 13.0. The largest absolute Gasteiger partial charge is 0.462 e. The summed E-state index contributed by atoms with van der Waals surface area (Å²) in [5, 5.41) is 0. The standard InChI is InChI=1S/C63H112O6/c1-4-7-10-13-16-19-22-25-28-29-30-31-32-33-34-36-38-41-44-47-50-53-56-62(65)68-59-60(58-67-61(64)55-52-49-46-43-40-37-27-24-21-18-15-12-9-6-3)69-63(66)57-54-51-48-45-42-39-35-26-23-20-17-14-11-8-5-2/h8,11,15,17-18,20,24,26-27,35,60H,4-7,9-10,12-14,16,19,21-23,25,28-34,36-59H2,1-3H3/b11-8-,18-15-,20-17-,27-24-,35-26-. The summed E-state index contributed by atoms with van der Waals surface area (Å²) in [5.41, 5.74) is 0. The molecule has 69 heavy (non-hydrogen) atoms. The van der Waals surface area contributed by atoms with E-state index in [1.807, 2.05) is 0 Å². The lowest BCUT2D eigenvalue weighted by Crippen LogP contribution is -2.30. The highest BCUT2D eigenvalue weighted by Gasteiger charge is 2.19. The molecule has 0 aliphatic carbocycles. The molecular formula is C63H112O6. The quantitative estimate of drug-likeness (QED) is 0.0262. The lowest BCUT2D eigenvalue weighted by Gasteiger charge is -2.18. The van der Waals surface area contributed by atoms with E-state index in [9.17, 15) is 14.4 Å². The third-order valence-electron chi connectivity index (χ3n) is 13.0. The van der Waals surface area contributed by atoms with Gasteiger partial charge in [-0.05, 0) is 77.0 Å². The first kappa shape index (κ1) is 66.1. The van der Waals surface area contributed by atoms with Crippen LogP contribution in [0.25, 0.3) is 0 Å². The molecular weight excluding hydrogens is 853 g/mol.